The number of rotatable bonds is 3. The second kappa shape index (κ2) is 5.20. The molecule has 0 radical (unpaired) electrons. The summed E-state index contributed by atoms with van der Waals surface area (Å²) in [7, 11) is 0. The van der Waals surface area contributed by atoms with Crippen LogP contribution in [-0.4, -0.2) is 9.38 Å². The molecular formula is C17H18FN3. The van der Waals surface area contributed by atoms with E-state index in [0.717, 1.165) is 12.0 Å². The number of nitrogen functional groups attached to an aromatic ring is 1. The first-order valence-corrected chi connectivity index (χ1v) is 7.14. The number of aromatic nitrogens is 2. The predicted octanol–water partition coefficient (Wildman–Crippen LogP) is 4.24. The molecule has 1 unspecified atom stereocenters. The van der Waals surface area contributed by atoms with Crippen LogP contribution in [0, 0.1) is 5.82 Å². The first-order chi connectivity index (χ1) is 10.1. The molecule has 0 spiro atoms. The van der Waals surface area contributed by atoms with Crippen molar-refractivity contribution < 1.29 is 4.39 Å². The van der Waals surface area contributed by atoms with E-state index in [0.29, 0.717) is 17.4 Å². The maximum atomic E-state index is 13.8. The lowest BCUT2D eigenvalue weighted by Gasteiger charge is -2.09. The van der Waals surface area contributed by atoms with Gasteiger partial charge in [0.2, 0.25) is 0 Å². The molecule has 0 aliphatic carbocycles. The average molecular weight is 283 g/mol. The van der Waals surface area contributed by atoms with E-state index in [1.807, 2.05) is 12.1 Å². The Morgan fingerprint density at radius 2 is 1.95 bits per heavy atom. The Hall–Kier alpha value is -2.36. The van der Waals surface area contributed by atoms with Crippen LogP contribution in [0.25, 0.3) is 16.9 Å². The standard InChI is InChI=1S/C17H18FN3/c1-3-11(2)12-6-8-13(9-7-12)15-16(19)21-10-4-5-14(18)17(21)20-15/h4-11H,3,19H2,1-2H3. The van der Waals surface area contributed by atoms with Gasteiger partial charge in [-0.25, -0.2) is 9.37 Å². The van der Waals surface area contributed by atoms with Crippen molar-refractivity contribution in [2.75, 3.05) is 5.73 Å². The quantitative estimate of drug-likeness (QED) is 0.781. The van der Waals surface area contributed by atoms with E-state index in [-0.39, 0.29) is 11.5 Å². The minimum Gasteiger partial charge on any atom is -0.383 e. The number of fused-ring (bicyclic) bond motifs is 1. The molecule has 0 bridgehead atoms. The van der Waals surface area contributed by atoms with E-state index in [1.54, 1.807) is 16.7 Å². The van der Waals surface area contributed by atoms with Crippen LogP contribution in [0.3, 0.4) is 0 Å². The third-order valence-corrected chi connectivity index (χ3v) is 4.00. The van der Waals surface area contributed by atoms with Gasteiger partial charge in [0, 0.05) is 11.8 Å². The number of hydrogen-bond donors (Lipinski definition) is 1. The summed E-state index contributed by atoms with van der Waals surface area (Å²) in [6, 6.07) is 11.2. The first kappa shape index (κ1) is 13.6. The average Bonchev–Trinajstić information content (AvgIpc) is 2.85. The van der Waals surface area contributed by atoms with Crippen molar-refractivity contribution in [2.24, 2.45) is 0 Å². The van der Waals surface area contributed by atoms with E-state index < -0.39 is 0 Å². The molecule has 2 heterocycles. The lowest BCUT2D eigenvalue weighted by Crippen LogP contribution is -1.95. The number of nitrogens with zero attached hydrogens (tertiary/aromatic N) is 2. The molecule has 3 aromatic rings. The largest absolute Gasteiger partial charge is 0.383 e. The highest BCUT2D eigenvalue weighted by Gasteiger charge is 2.14. The molecule has 2 N–H and O–H groups in total. The fourth-order valence-electron chi connectivity index (χ4n) is 2.47. The third kappa shape index (κ3) is 2.27. The van der Waals surface area contributed by atoms with Crippen LogP contribution in [0.2, 0.25) is 0 Å². The normalized spacial score (nSPS) is 12.7. The Balaban J connectivity index is 2.08. The van der Waals surface area contributed by atoms with Crippen molar-refractivity contribution in [3.63, 3.8) is 0 Å². The van der Waals surface area contributed by atoms with Gasteiger partial charge in [-0.05, 0) is 30.0 Å². The highest BCUT2D eigenvalue weighted by Crippen LogP contribution is 2.29. The van der Waals surface area contributed by atoms with E-state index >= 15 is 0 Å². The molecule has 0 amide bonds. The van der Waals surface area contributed by atoms with Crippen molar-refractivity contribution >= 4 is 11.5 Å². The van der Waals surface area contributed by atoms with Crippen molar-refractivity contribution in [1.82, 2.24) is 9.38 Å². The first-order valence-electron chi connectivity index (χ1n) is 7.14. The van der Waals surface area contributed by atoms with Gasteiger partial charge in [0.1, 0.15) is 11.5 Å². The van der Waals surface area contributed by atoms with Crippen LogP contribution in [0.15, 0.2) is 42.6 Å². The molecule has 0 saturated heterocycles. The van der Waals surface area contributed by atoms with Crippen molar-refractivity contribution in [3.8, 4) is 11.3 Å². The number of imidazole rings is 1. The van der Waals surface area contributed by atoms with Gasteiger partial charge in [0.15, 0.2) is 11.5 Å². The van der Waals surface area contributed by atoms with Crippen LogP contribution in [-0.2, 0) is 0 Å². The second-order valence-corrected chi connectivity index (χ2v) is 5.33. The summed E-state index contributed by atoms with van der Waals surface area (Å²) in [6.45, 7) is 4.37. The minimum absolute atomic E-state index is 0.260. The second-order valence-electron chi connectivity index (χ2n) is 5.33. The summed E-state index contributed by atoms with van der Waals surface area (Å²) >= 11 is 0. The smallest absolute Gasteiger partial charge is 0.175 e. The molecule has 3 rings (SSSR count). The van der Waals surface area contributed by atoms with Crippen LogP contribution in [0.5, 0.6) is 0 Å². The number of anilines is 1. The molecule has 0 saturated carbocycles. The van der Waals surface area contributed by atoms with Crippen LogP contribution in [0.4, 0.5) is 10.2 Å². The van der Waals surface area contributed by atoms with Gasteiger partial charge in [0.25, 0.3) is 0 Å². The Bertz CT molecular complexity index is 775. The number of nitrogens with two attached hydrogens (primary N) is 1. The van der Waals surface area contributed by atoms with Gasteiger partial charge in [0.05, 0.1) is 0 Å². The topological polar surface area (TPSA) is 43.3 Å². The molecule has 3 nitrogen and oxygen atoms in total. The maximum Gasteiger partial charge on any atom is 0.175 e. The highest BCUT2D eigenvalue weighted by molar-refractivity contribution is 5.75. The highest BCUT2D eigenvalue weighted by atomic mass is 19.1. The molecule has 2 aromatic heterocycles. The van der Waals surface area contributed by atoms with E-state index in [9.17, 15) is 4.39 Å². The predicted molar refractivity (Wildman–Crippen MR) is 83.7 cm³/mol. The molecule has 108 valence electrons. The number of pyridine rings is 1. The van der Waals surface area contributed by atoms with E-state index in [4.69, 9.17) is 5.73 Å². The van der Waals surface area contributed by atoms with Crippen LogP contribution < -0.4 is 5.73 Å². The lowest BCUT2D eigenvalue weighted by molar-refractivity contribution is 0.630. The summed E-state index contributed by atoms with van der Waals surface area (Å²) < 4.78 is 15.3. The molecule has 4 heteroatoms. The SMILES string of the molecule is CCC(C)c1ccc(-c2nc3c(F)cccn3c2N)cc1. The Labute approximate surface area is 123 Å². The van der Waals surface area contributed by atoms with Crippen molar-refractivity contribution in [2.45, 2.75) is 26.2 Å². The van der Waals surface area contributed by atoms with Gasteiger partial charge >= 0.3 is 0 Å². The molecular weight excluding hydrogens is 265 g/mol. The zero-order chi connectivity index (χ0) is 15.0. The van der Waals surface area contributed by atoms with Crippen LogP contribution >= 0.6 is 0 Å². The summed E-state index contributed by atoms with van der Waals surface area (Å²) in [5.41, 5.74) is 9.17. The van der Waals surface area contributed by atoms with Crippen molar-refractivity contribution in [3.05, 3.63) is 54.0 Å². The minimum atomic E-state index is -0.369. The van der Waals surface area contributed by atoms with Gasteiger partial charge in [-0.15, -0.1) is 0 Å². The Kier molecular flexibility index (Phi) is 3.37. The maximum absolute atomic E-state index is 13.8. The number of hydrogen-bond acceptors (Lipinski definition) is 2. The molecule has 0 aliphatic rings. The van der Waals surface area contributed by atoms with E-state index in [1.165, 1.54) is 11.6 Å². The fraction of sp³-hybridized carbons (Fsp3) is 0.235. The van der Waals surface area contributed by atoms with Gasteiger partial charge in [-0.1, -0.05) is 38.1 Å². The summed E-state index contributed by atoms with van der Waals surface area (Å²) in [5.74, 6) is 0.613. The summed E-state index contributed by atoms with van der Waals surface area (Å²) in [5, 5.41) is 0. The summed E-state index contributed by atoms with van der Waals surface area (Å²) in [4.78, 5) is 4.34. The van der Waals surface area contributed by atoms with Gasteiger partial charge < -0.3 is 5.73 Å². The fourth-order valence-corrected chi connectivity index (χ4v) is 2.47. The van der Waals surface area contributed by atoms with Gasteiger partial charge in [-0.3, -0.25) is 4.40 Å². The molecule has 1 atom stereocenters. The molecule has 1 aromatic carbocycles. The Morgan fingerprint density at radius 1 is 1.24 bits per heavy atom. The number of halogens is 1. The lowest BCUT2D eigenvalue weighted by atomic mass is 9.97. The molecule has 0 aliphatic heterocycles. The Morgan fingerprint density at radius 3 is 2.57 bits per heavy atom. The van der Waals surface area contributed by atoms with Crippen LogP contribution in [0.1, 0.15) is 31.7 Å². The number of benzene rings is 1. The zero-order valence-electron chi connectivity index (χ0n) is 12.2. The van der Waals surface area contributed by atoms with Crippen molar-refractivity contribution in [1.29, 1.82) is 0 Å². The van der Waals surface area contributed by atoms with E-state index in [2.05, 4.69) is 31.0 Å². The molecule has 21 heavy (non-hydrogen) atoms. The third-order valence-electron chi connectivity index (χ3n) is 4.00. The van der Waals surface area contributed by atoms with Gasteiger partial charge in [-0.2, -0.15) is 0 Å². The zero-order valence-corrected chi connectivity index (χ0v) is 12.2. The monoisotopic (exact) mass is 283 g/mol. The molecule has 0 fully saturated rings. The summed E-state index contributed by atoms with van der Waals surface area (Å²) in [6.07, 6.45) is 2.82.